The van der Waals surface area contributed by atoms with Crippen LogP contribution in [0.3, 0.4) is 0 Å². The standard InChI is InChI=1S/C10H8ClN.ClH/c11-8-5-4-7-2-1-3-10(12)9(7)6-8;/h1-6H,12H2;1H. The number of hydrogen-bond acceptors (Lipinski definition) is 1. The fourth-order valence-corrected chi connectivity index (χ4v) is 1.44. The highest BCUT2D eigenvalue weighted by Gasteiger charge is 1.96. The van der Waals surface area contributed by atoms with Crippen LogP contribution in [0, 0.1) is 0 Å². The lowest BCUT2D eigenvalue weighted by Crippen LogP contribution is -1.85. The van der Waals surface area contributed by atoms with Crippen molar-refractivity contribution in [2.45, 2.75) is 0 Å². The van der Waals surface area contributed by atoms with Crippen LogP contribution in [0.4, 0.5) is 5.69 Å². The maximum absolute atomic E-state index is 5.84. The third-order valence-electron chi connectivity index (χ3n) is 1.88. The smallest absolute Gasteiger partial charge is 0.0413 e. The van der Waals surface area contributed by atoms with Gasteiger partial charge in [-0.1, -0.05) is 29.8 Å². The summed E-state index contributed by atoms with van der Waals surface area (Å²) in [7, 11) is 0. The van der Waals surface area contributed by atoms with Crippen molar-refractivity contribution in [2.24, 2.45) is 0 Å². The molecular weight excluding hydrogens is 205 g/mol. The number of anilines is 1. The van der Waals surface area contributed by atoms with Crippen LogP contribution in [0.15, 0.2) is 36.4 Å². The lowest BCUT2D eigenvalue weighted by atomic mass is 10.1. The van der Waals surface area contributed by atoms with Crippen LogP contribution in [0.5, 0.6) is 0 Å². The van der Waals surface area contributed by atoms with E-state index >= 15 is 0 Å². The molecular formula is C10H9Cl2N. The molecule has 0 aliphatic heterocycles. The quantitative estimate of drug-likeness (QED) is 0.667. The van der Waals surface area contributed by atoms with Gasteiger partial charge in [-0.15, -0.1) is 12.4 Å². The molecule has 2 aromatic rings. The second-order valence-corrected chi connectivity index (χ2v) is 3.15. The molecule has 0 atom stereocenters. The number of benzene rings is 2. The molecule has 0 unspecified atom stereocenters. The number of nitrogens with two attached hydrogens (primary N) is 1. The molecule has 0 bridgehead atoms. The molecule has 0 aromatic heterocycles. The SMILES string of the molecule is Cl.Nc1cccc2ccc(Cl)cc12. The normalized spacial score (nSPS) is 9.62. The van der Waals surface area contributed by atoms with Gasteiger partial charge in [0.25, 0.3) is 0 Å². The van der Waals surface area contributed by atoms with E-state index in [9.17, 15) is 0 Å². The van der Waals surface area contributed by atoms with Crippen molar-refractivity contribution in [3.05, 3.63) is 41.4 Å². The van der Waals surface area contributed by atoms with Gasteiger partial charge >= 0.3 is 0 Å². The van der Waals surface area contributed by atoms with Crippen molar-refractivity contribution in [1.29, 1.82) is 0 Å². The molecule has 2 N–H and O–H groups in total. The molecule has 0 spiro atoms. The maximum atomic E-state index is 5.84. The number of halogens is 2. The molecule has 0 saturated heterocycles. The zero-order chi connectivity index (χ0) is 8.55. The van der Waals surface area contributed by atoms with Gasteiger partial charge in [-0.3, -0.25) is 0 Å². The summed E-state index contributed by atoms with van der Waals surface area (Å²) >= 11 is 5.84. The van der Waals surface area contributed by atoms with Crippen molar-refractivity contribution in [1.82, 2.24) is 0 Å². The first-order chi connectivity index (χ1) is 5.77. The molecule has 0 fully saturated rings. The monoisotopic (exact) mass is 213 g/mol. The Hall–Kier alpha value is -0.920. The van der Waals surface area contributed by atoms with Crippen LogP contribution < -0.4 is 5.73 Å². The Morgan fingerprint density at radius 3 is 2.62 bits per heavy atom. The van der Waals surface area contributed by atoms with Crippen molar-refractivity contribution in [3.63, 3.8) is 0 Å². The Morgan fingerprint density at radius 1 is 1.08 bits per heavy atom. The van der Waals surface area contributed by atoms with E-state index in [-0.39, 0.29) is 12.4 Å². The highest BCUT2D eigenvalue weighted by Crippen LogP contribution is 2.23. The Labute approximate surface area is 87.9 Å². The third kappa shape index (κ3) is 1.87. The van der Waals surface area contributed by atoms with Gasteiger partial charge in [-0.2, -0.15) is 0 Å². The molecule has 1 nitrogen and oxygen atoms in total. The molecule has 68 valence electrons. The first-order valence-electron chi connectivity index (χ1n) is 3.71. The van der Waals surface area contributed by atoms with Crippen LogP contribution >= 0.6 is 24.0 Å². The lowest BCUT2D eigenvalue weighted by molar-refractivity contribution is 1.73. The van der Waals surface area contributed by atoms with Gasteiger partial charge in [0, 0.05) is 16.1 Å². The molecule has 2 rings (SSSR count). The van der Waals surface area contributed by atoms with Crippen molar-refractivity contribution in [2.75, 3.05) is 5.73 Å². The van der Waals surface area contributed by atoms with Crippen molar-refractivity contribution < 1.29 is 0 Å². The van der Waals surface area contributed by atoms with Crippen LogP contribution in [-0.2, 0) is 0 Å². The molecule has 0 aliphatic rings. The largest absolute Gasteiger partial charge is 0.398 e. The fraction of sp³-hybridized carbons (Fsp3) is 0. The fourth-order valence-electron chi connectivity index (χ4n) is 1.27. The molecule has 0 amide bonds. The summed E-state index contributed by atoms with van der Waals surface area (Å²) in [5.41, 5.74) is 6.54. The van der Waals surface area contributed by atoms with Gasteiger partial charge in [-0.05, 0) is 23.6 Å². The second-order valence-electron chi connectivity index (χ2n) is 2.71. The average molecular weight is 214 g/mol. The molecule has 2 aromatic carbocycles. The Morgan fingerprint density at radius 2 is 1.85 bits per heavy atom. The Kier molecular flexibility index (Phi) is 3.02. The van der Waals surface area contributed by atoms with Crippen LogP contribution in [0.2, 0.25) is 5.02 Å². The van der Waals surface area contributed by atoms with E-state index in [0.717, 1.165) is 21.5 Å². The van der Waals surface area contributed by atoms with Crippen LogP contribution in [-0.4, -0.2) is 0 Å². The average Bonchev–Trinajstić information content (AvgIpc) is 2.07. The summed E-state index contributed by atoms with van der Waals surface area (Å²) in [4.78, 5) is 0. The van der Waals surface area contributed by atoms with Crippen molar-refractivity contribution in [3.8, 4) is 0 Å². The Balaban J connectivity index is 0.000000845. The third-order valence-corrected chi connectivity index (χ3v) is 2.11. The molecule has 0 heterocycles. The highest BCUT2D eigenvalue weighted by atomic mass is 35.5. The van der Waals surface area contributed by atoms with E-state index in [1.54, 1.807) is 0 Å². The van der Waals surface area contributed by atoms with E-state index < -0.39 is 0 Å². The molecule has 0 aliphatic carbocycles. The number of hydrogen-bond donors (Lipinski definition) is 1. The van der Waals surface area contributed by atoms with Gasteiger partial charge in [0.15, 0.2) is 0 Å². The van der Waals surface area contributed by atoms with E-state index in [4.69, 9.17) is 17.3 Å². The van der Waals surface area contributed by atoms with Gasteiger partial charge < -0.3 is 5.73 Å². The molecule has 3 heteroatoms. The zero-order valence-corrected chi connectivity index (χ0v) is 8.40. The maximum Gasteiger partial charge on any atom is 0.0413 e. The van der Waals surface area contributed by atoms with E-state index in [2.05, 4.69) is 0 Å². The highest BCUT2D eigenvalue weighted by molar-refractivity contribution is 6.31. The molecule has 13 heavy (non-hydrogen) atoms. The van der Waals surface area contributed by atoms with Crippen molar-refractivity contribution >= 4 is 40.5 Å². The summed E-state index contributed by atoms with van der Waals surface area (Å²) < 4.78 is 0. The van der Waals surface area contributed by atoms with Gasteiger partial charge in [0.1, 0.15) is 0 Å². The molecule has 0 saturated carbocycles. The van der Waals surface area contributed by atoms with E-state index in [1.165, 1.54) is 0 Å². The number of rotatable bonds is 0. The predicted molar refractivity (Wildman–Crippen MR) is 60.6 cm³/mol. The topological polar surface area (TPSA) is 26.0 Å². The summed E-state index contributed by atoms with van der Waals surface area (Å²) in [6, 6.07) is 11.5. The minimum Gasteiger partial charge on any atom is -0.398 e. The first-order valence-corrected chi connectivity index (χ1v) is 4.09. The lowest BCUT2D eigenvalue weighted by Gasteiger charge is -2.00. The minimum atomic E-state index is 0. The Bertz CT molecular complexity index is 426. The van der Waals surface area contributed by atoms with Crippen LogP contribution in [0.1, 0.15) is 0 Å². The van der Waals surface area contributed by atoms with E-state index in [0.29, 0.717) is 0 Å². The predicted octanol–water partition coefficient (Wildman–Crippen LogP) is 3.50. The summed E-state index contributed by atoms with van der Waals surface area (Å²) in [5.74, 6) is 0. The molecule has 0 radical (unpaired) electrons. The van der Waals surface area contributed by atoms with Gasteiger partial charge in [-0.25, -0.2) is 0 Å². The summed E-state index contributed by atoms with van der Waals surface area (Å²) in [6.45, 7) is 0. The second kappa shape index (κ2) is 3.86. The van der Waals surface area contributed by atoms with Gasteiger partial charge in [0.05, 0.1) is 0 Å². The van der Waals surface area contributed by atoms with Gasteiger partial charge in [0.2, 0.25) is 0 Å². The van der Waals surface area contributed by atoms with Crippen LogP contribution in [0.25, 0.3) is 10.8 Å². The number of fused-ring (bicyclic) bond motifs is 1. The minimum absolute atomic E-state index is 0. The zero-order valence-electron chi connectivity index (χ0n) is 6.83. The first kappa shape index (κ1) is 10.2. The summed E-state index contributed by atoms with van der Waals surface area (Å²) in [5, 5.41) is 2.87. The van der Waals surface area contributed by atoms with E-state index in [1.807, 2.05) is 36.4 Å². The number of nitrogen functional groups attached to an aromatic ring is 1. The summed E-state index contributed by atoms with van der Waals surface area (Å²) in [6.07, 6.45) is 0.